The van der Waals surface area contributed by atoms with Crippen LogP contribution in [0.4, 0.5) is 0 Å². The van der Waals surface area contributed by atoms with Crippen molar-refractivity contribution in [1.29, 1.82) is 0 Å². The van der Waals surface area contributed by atoms with Crippen LogP contribution in [0.3, 0.4) is 0 Å². The third-order valence-electron chi connectivity index (χ3n) is 1.78. The van der Waals surface area contributed by atoms with Crippen molar-refractivity contribution in [2.75, 3.05) is 0 Å². The van der Waals surface area contributed by atoms with Crippen LogP contribution in [-0.2, 0) is 0 Å². The summed E-state index contributed by atoms with van der Waals surface area (Å²) in [5, 5.41) is 17.4. The zero-order valence-electron chi connectivity index (χ0n) is 6.68. The minimum atomic E-state index is -1.28. The lowest BCUT2D eigenvalue weighted by atomic mass is 10.1. The van der Waals surface area contributed by atoms with Crippen molar-refractivity contribution in [2.24, 2.45) is 0 Å². The van der Waals surface area contributed by atoms with E-state index in [2.05, 4.69) is 9.78 Å². The fourth-order valence-corrected chi connectivity index (χ4v) is 1.18. The third kappa shape index (κ3) is 0.972. The predicted molar refractivity (Wildman–Crippen MR) is 41.6 cm³/mol. The molecule has 0 saturated carbocycles. The molecular formula is C8H4O6. The van der Waals surface area contributed by atoms with E-state index in [9.17, 15) is 9.59 Å². The highest BCUT2D eigenvalue weighted by Gasteiger charge is 2.31. The summed E-state index contributed by atoms with van der Waals surface area (Å²) >= 11 is 0. The van der Waals surface area contributed by atoms with Gasteiger partial charge in [-0.05, 0) is 12.1 Å². The van der Waals surface area contributed by atoms with Gasteiger partial charge < -0.3 is 10.2 Å². The summed E-state index contributed by atoms with van der Waals surface area (Å²) in [4.78, 5) is 30.4. The number of hydrogen-bond acceptors (Lipinski definition) is 4. The topological polar surface area (TPSA) is 93.1 Å². The molecular weight excluding hydrogens is 192 g/mol. The highest BCUT2D eigenvalue weighted by molar-refractivity contribution is 6.01. The van der Waals surface area contributed by atoms with E-state index < -0.39 is 11.9 Å². The molecule has 2 rings (SSSR count). The molecule has 72 valence electrons. The van der Waals surface area contributed by atoms with Crippen LogP contribution in [0, 0.1) is 0 Å². The second kappa shape index (κ2) is 2.63. The summed E-state index contributed by atoms with van der Waals surface area (Å²) in [5.41, 5.74) is -0.492. The van der Waals surface area contributed by atoms with Crippen molar-refractivity contribution in [3.63, 3.8) is 0 Å². The van der Waals surface area contributed by atoms with Crippen LogP contribution < -0.4 is 9.78 Å². The van der Waals surface area contributed by atoms with Crippen LogP contribution in [0.15, 0.2) is 12.1 Å². The van der Waals surface area contributed by atoms with Crippen LogP contribution in [0.1, 0.15) is 20.7 Å². The smallest absolute Gasteiger partial charge is 0.343 e. The SMILES string of the molecule is O=C(O)c1ccc2c(C(=O)O)c1OO2. The van der Waals surface area contributed by atoms with Crippen LogP contribution in [0.2, 0.25) is 0 Å². The van der Waals surface area contributed by atoms with Gasteiger partial charge in [0.25, 0.3) is 0 Å². The second-order valence-corrected chi connectivity index (χ2v) is 2.59. The molecule has 1 aliphatic rings. The molecule has 1 heterocycles. The first kappa shape index (κ1) is 8.36. The Kier molecular flexibility index (Phi) is 1.57. The Morgan fingerprint density at radius 2 is 1.79 bits per heavy atom. The molecule has 0 radical (unpaired) electrons. The van der Waals surface area contributed by atoms with E-state index in [4.69, 9.17) is 10.2 Å². The van der Waals surface area contributed by atoms with Gasteiger partial charge in [0, 0.05) is 0 Å². The Labute approximate surface area is 77.2 Å². The summed E-state index contributed by atoms with van der Waals surface area (Å²) in [6.07, 6.45) is 0. The Hall–Kier alpha value is -2.24. The predicted octanol–water partition coefficient (Wildman–Crippen LogP) is 0.769. The normalized spacial score (nSPS) is 11.7. The number of carboxylic acid groups (broad SMARTS) is 2. The van der Waals surface area contributed by atoms with Gasteiger partial charge in [0.1, 0.15) is 5.56 Å². The van der Waals surface area contributed by atoms with Crippen molar-refractivity contribution >= 4 is 11.9 Å². The quantitative estimate of drug-likeness (QED) is 0.678. The first-order chi connectivity index (χ1) is 6.61. The van der Waals surface area contributed by atoms with Gasteiger partial charge >= 0.3 is 11.9 Å². The molecule has 1 aliphatic heterocycles. The first-order valence-corrected chi connectivity index (χ1v) is 3.59. The highest BCUT2D eigenvalue weighted by Crippen LogP contribution is 2.37. The lowest BCUT2D eigenvalue weighted by Crippen LogP contribution is -2.02. The molecule has 1 aromatic rings. The zero-order valence-corrected chi connectivity index (χ0v) is 6.68. The van der Waals surface area contributed by atoms with E-state index in [1.807, 2.05) is 0 Å². The maximum atomic E-state index is 10.7. The summed E-state index contributed by atoms with van der Waals surface area (Å²) in [7, 11) is 0. The molecule has 0 aliphatic carbocycles. The molecule has 0 aromatic heterocycles. The average Bonchev–Trinajstić information content (AvgIpc) is 2.40. The molecule has 0 fully saturated rings. The van der Waals surface area contributed by atoms with E-state index in [0.717, 1.165) is 0 Å². The lowest BCUT2D eigenvalue weighted by Gasteiger charge is -1.96. The van der Waals surface area contributed by atoms with Gasteiger partial charge in [-0.15, -0.1) is 0 Å². The van der Waals surface area contributed by atoms with Gasteiger partial charge in [0.2, 0.25) is 5.75 Å². The summed E-state index contributed by atoms with van der Waals surface area (Å²) in [6, 6.07) is 2.47. The van der Waals surface area contributed by atoms with Crippen LogP contribution >= 0.6 is 0 Å². The van der Waals surface area contributed by atoms with E-state index in [0.29, 0.717) is 0 Å². The number of aromatic carboxylic acids is 2. The van der Waals surface area contributed by atoms with Gasteiger partial charge in [-0.2, -0.15) is 0 Å². The van der Waals surface area contributed by atoms with Crippen molar-refractivity contribution in [3.05, 3.63) is 23.3 Å². The fraction of sp³-hybridized carbons (Fsp3) is 0. The number of carboxylic acids is 2. The van der Waals surface area contributed by atoms with Crippen molar-refractivity contribution in [3.8, 4) is 11.5 Å². The minimum Gasteiger partial charge on any atom is -0.478 e. The van der Waals surface area contributed by atoms with Crippen molar-refractivity contribution in [1.82, 2.24) is 0 Å². The Morgan fingerprint density at radius 3 is 2.36 bits per heavy atom. The summed E-state index contributed by atoms with van der Waals surface area (Å²) in [6.45, 7) is 0. The van der Waals surface area contributed by atoms with Crippen LogP contribution in [0.5, 0.6) is 11.5 Å². The van der Waals surface area contributed by atoms with Gasteiger partial charge in [-0.25, -0.2) is 9.59 Å². The summed E-state index contributed by atoms with van der Waals surface area (Å²) in [5.74, 6) is -2.80. The molecule has 6 heteroatoms. The number of fused-ring (bicyclic) bond motifs is 2. The monoisotopic (exact) mass is 196 g/mol. The number of benzene rings is 1. The Morgan fingerprint density at radius 1 is 1.07 bits per heavy atom. The highest BCUT2D eigenvalue weighted by atomic mass is 17.2. The molecule has 0 atom stereocenters. The van der Waals surface area contributed by atoms with Gasteiger partial charge in [0.15, 0.2) is 11.3 Å². The Balaban J connectivity index is 2.68. The molecule has 14 heavy (non-hydrogen) atoms. The molecule has 1 aromatic carbocycles. The Bertz CT molecular complexity index is 436. The molecule has 0 amide bonds. The molecule has 2 N–H and O–H groups in total. The fourth-order valence-electron chi connectivity index (χ4n) is 1.18. The maximum absolute atomic E-state index is 10.7. The van der Waals surface area contributed by atoms with Crippen molar-refractivity contribution in [2.45, 2.75) is 0 Å². The van der Waals surface area contributed by atoms with E-state index in [-0.39, 0.29) is 22.6 Å². The number of rotatable bonds is 2. The van der Waals surface area contributed by atoms with Gasteiger partial charge in [-0.3, -0.25) is 9.78 Å². The van der Waals surface area contributed by atoms with E-state index in [1.54, 1.807) is 0 Å². The molecule has 0 spiro atoms. The number of hydrogen-bond donors (Lipinski definition) is 2. The van der Waals surface area contributed by atoms with E-state index >= 15 is 0 Å². The third-order valence-corrected chi connectivity index (χ3v) is 1.78. The molecule has 2 bridgehead atoms. The van der Waals surface area contributed by atoms with Gasteiger partial charge in [0.05, 0.1) is 0 Å². The molecule has 0 unspecified atom stereocenters. The zero-order chi connectivity index (χ0) is 10.3. The summed E-state index contributed by atoms with van der Waals surface area (Å²) < 4.78 is 0. The largest absolute Gasteiger partial charge is 0.478 e. The first-order valence-electron chi connectivity index (χ1n) is 3.59. The average molecular weight is 196 g/mol. The lowest BCUT2D eigenvalue weighted by molar-refractivity contribution is -0.0852. The van der Waals surface area contributed by atoms with Gasteiger partial charge in [-0.1, -0.05) is 0 Å². The van der Waals surface area contributed by atoms with Crippen LogP contribution in [0.25, 0.3) is 0 Å². The second-order valence-electron chi connectivity index (χ2n) is 2.59. The van der Waals surface area contributed by atoms with Crippen LogP contribution in [-0.4, -0.2) is 22.2 Å². The molecule has 6 nitrogen and oxygen atoms in total. The molecule has 0 saturated heterocycles. The van der Waals surface area contributed by atoms with E-state index in [1.165, 1.54) is 12.1 Å². The number of carbonyl (C=O) groups is 2. The standard InChI is InChI=1S/C8H4O6/c9-7(10)3-1-2-4-5(8(11)12)6(3)14-13-4/h1-2H,(H,9,10)(H,11,12). The minimum absolute atomic E-state index is 0.0116. The maximum Gasteiger partial charge on any atom is 0.343 e. The van der Waals surface area contributed by atoms with Crippen molar-refractivity contribution < 1.29 is 29.6 Å².